The number of rotatable bonds is 5. The van der Waals surface area contributed by atoms with Crippen molar-refractivity contribution >= 4 is 23.1 Å². The second-order valence-electron chi connectivity index (χ2n) is 6.02. The van der Waals surface area contributed by atoms with Crippen LogP contribution in [0.2, 0.25) is 0 Å². The third kappa shape index (κ3) is 3.40. The van der Waals surface area contributed by atoms with Gasteiger partial charge in [0.05, 0.1) is 13.5 Å². The monoisotopic (exact) mass is 339 g/mol. The number of nitrogens with two attached hydrogens (primary N) is 1. The van der Waals surface area contributed by atoms with E-state index in [1.54, 1.807) is 6.20 Å². The topological polar surface area (TPSA) is 85.8 Å². The fourth-order valence-electron chi connectivity index (χ4n) is 2.77. The molecule has 3 rings (SSSR count). The number of carbonyl (C=O) groups excluding carboxylic acids is 1. The molecule has 2 heterocycles. The van der Waals surface area contributed by atoms with E-state index in [0.29, 0.717) is 6.42 Å². The molecule has 25 heavy (non-hydrogen) atoms. The van der Waals surface area contributed by atoms with Gasteiger partial charge in [0.25, 0.3) is 0 Å². The normalized spacial score (nSPS) is 10.8. The van der Waals surface area contributed by atoms with Gasteiger partial charge in [0.15, 0.2) is 0 Å². The lowest BCUT2D eigenvalue weighted by Gasteiger charge is -2.19. The number of esters is 1. The van der Waals surface area contributed by atoms with Gasteiger partial charge in [0.2, 0.25) is 0 Å². The fraction of sp³-hybridized carbons (Fsp3) is 0.278. The van der Waals surface area contributed by atoms with Crippen LogP contribution in [0.3, 0.4) is 0 Å². The van der Waals surface area contributed by atoms with Crippen LogP contribution in [0.15, 0.2) is 36.7 Å². The van der Waals surface area contributed by atoms with Crippen molar-refractivity contribution in [3.8, 4) is 0 Å². The molecule has 0 spiro atoms. The zero-order valence-electron chi connectivity index (χ0n) is 14.6. The number of methoxy groups -OCH3 is 1. The molecule has 2 aromatic heterocycles. The van der Waals surface area contributed by atoms with Gasteiger partial charge < -0.3 is 15.4 Å². The number of aromatic nitrogens is 3. The van der Waals surface area contributed by atoms with Gasteiger partial charge in [0.1, 0.15) is 17.3 Å². The van der Waals surface area contributed by atoms with Gasteiger partial charge in [-0.2, -0.15) is 0 Å². The van der Waals surface area contributed by atoms with Crippen molar-refractivity contribution in [1.29, 1.82) is 0 Å². The van der Waals surface area contributed by atoms with Crippen molar-refractivity contribution in [2.45, 2.75) is 12.8 Å². The van der Waals surface area contributed by atoms with E-state index in [1.807, 2.05) is 53.9 Å². The molecule has 0 bridgehead atoms. The quantitative estimate of drug-likeness (QED) is 0.562. The Morgan fingerprint density at radius 1 is 1.28 bits per heavy atom. The summed E-state index contributed by atoms with van der Waals surface area (Å²) in [7, 11) is 5.18. The summed E-state index contributed by atoms with van der Waals surface area (Å²) in [5, 5.41) is 0. The highest BCUT2D eigenvalue weighted by atomic mass is 16.5. The number of nitrogen functional groups attached to an aromatic ring is 1. The number of imidazole rings is 1. The number of anilines is 2. The largest absolute Gasteiger partial charge is 0.469 e. The first kappa shape index (κ1) is 16.8. The molecule has 0 radical (unpaired) electrons. The molecule has 0 fully saturated rings. The minimum Gasteiger partial charge on any atom is -0.469 e. The number of benzene rings is 1. The minimum absolute atomic E-state index is 0.125. The van der Waals surface area contributed by atoms with Gasteiger partial charge in [-0.1, -0.05) is 12.1 Å². The van der Waals surface area contributed by atoms with Gasteiger partial charge >= 0.3 is 5.97 Å². The van der Waals surface area contributed by atoms with E-state index in [2.05, 4.69) is 4.98 Å². The second kappa shape index (κ2) is 6.80. The maximum absolute atomic E-state index is 11.8. The van der Waals surface area contributed by atoms with Gasteiger partial charge in [-0.15, -0.1) is 0 Å². The molecule has 3 aromatic rings. The predicted octanol–water partition coefficient (Wildman–Crippen LogP) is 1.68. The van der Waals surface area contributed by atoms with Gasteiger partial charge in [0, 0.05) is 44.2 Å². The summed E-state index contributed by atoms with van der Waals surface area (Å²) in [5.74, 6) is 1.24. The van der Waals surface area contributed by atoms with E-state index < -0.39 is 0 Å². The molecule has 7 heteroatoms. The summed E-state index contributed by atoms with van der Waals surface area (Å²) in [4.78, 5) is 22.9. The number of fused-ring (bicyclic) bond motifs is 1. The van der Waals surface area contributed by atoms with Crippen LogP contribution in [-0.4, -0.2) is 41.5 Å². The van der Waals surface area contributed by atoms with Crippen LogP contribution in [0.4, 0.5) is 11.5 Å². The summed E-state index contributed by atoms with van der Waals surface area (Å²) < 4.78 is 6.74. The smallest absolute Gasteiger partial charge is 0.310 e. The number of hydrogen-bond acceptors (Lipinski definition) is 6. The van der Waals surface area contributed by atoms with Crippen LogP contribution >= 0.6 is 0 Å². The lowest BCUT2D eigenvalue weighted by molar-refractivity contribution is -0.139. The molecule has 0 aliphatic heterocycles. The van der Waals surface area contributed by atoms with Crippen molar-refractivity contribution in [2.24, 2.45) is 0 Å². The van der Waals surface area contributed by atoms with Crippen molar-refractivity contribution in [3.05, 3.63) is 53.6 Å². The number of ether oxygens (including phenoxy) is 1. The average molecular weight is 339 g/mol. The number of carbonyl (C=O) groups is 1. The second-order valence-corrected chi connectivity index (χ2v) is 6.02. The average Bonchev–Trinajstić information content (AvgIpc) is 3.08. The number of hydrogen-bond donors (Lipinski definition) is 1. The summed E-state index contributed by atoms with van der Waals surface area (Å²) >= 11 is 0. The van der Waals surface area contributed by atoms with E-state index in [1.165, 1.54) is 7.11 Å². The third-order valence-corrected chi connectivity index (χ3v) is 4.01. The first-order chi connectivity index (χ1) is 12.0. The van der Waals surface area contributed by atoms with E-state index in [9.17, 15) is 4.79 Å². The third-order valence-electron chi connectivity index (χ3n) is 4.01. The highest BCUT2D eigenvalue weighted by molar-refractivity contribution is 5.78. The van der Waals surface area contributed by atoms with Crippen LogP contribution in [0.1, 0.15) is 17.0 Å². The molecule has 0 aliphatic carbocycles. The fourth-order valence-corrected chi connectivity index (χ4v) is 2.77. The van der Waals surface area contributed by atoms with Crippen LogP contribution in [-0.2, 0) is 22.4 Å². The maximum atomic E-state index is 11.8. The van der Waals surface area contributed by atoms with Gasteiger partial charge in [-0.25, -0.2) is 9.97 Å². The molecular formula is C18H21N5O2. The predicted molar refractivity (Wildman–Crippen MR) is 96.7 cm³/mol. The lowest BCUT2D eigenvalue weighted by Crippen LogP contribution is -2.19. The molecule has 0 saturated heterocycles. The van der Waals surface area contributed by atoms with Crippen LogP contribution in [0, 0.1) is 0 Å². The van der Waals surface area contributed by atoms with Crippen LogP contribution in [0.25, 0.3) is 5.65 Å². The Labute approximate surface area is 146 Å². The summed E-state index contributed by atoms with van der Waals surface area (Å²) in [6, 6.07) is 7.72. The molecule has 7 nitrogen and oxygen atoms in total. The standard InChI is InChI=1S/C18H21N5O2/c1-22(2)18-14(11-16(24)25-3)17-20-8-9-23(17)15(21-18)10-12-4-6-13(19)7-5-12/h4-9H,10-11,19H2,1-3H3. The summed E-state index contributed by atoms with van der Waals surface area (Å²) in [6.07, 6.45) is 4.32. The zero-order valence-corrected chi connectivity index (χ0v) is 14.6. The molecule has 2 N–H and O–H groups in total. The van der Waals surface area contributed by atoms with E-state index >= 15 is 0 Å². The van der Waals surface area contributed by atoms with Gasteiger partial charge in [-0.3, -0.25) is 9.20 Å². The lowest BCUT2D eigenvalue weighted by atomic mass is 10.1. The molecule has 0 saturated carbocycles. The van der Waals surface area contributed by atoms with Crippen molar-refractivity contribution in [1.82, 2.24) is 14.4 Å². The van der Waals surface area contributed by atoms with E-state index in [4.69, 9.17) is 15.5 Å². The highest BCUT2D eigenvalue weighted by Crippen LogP contribution is 2.24. The van der Waals surface area contributed by atoms with E-state index in [-0.39, 0.29) is 12.4 Å². The first-order valence-corrected chi connectivity index (χ1v) is 7.93. The summed E-state index contributed by atoms with van der Waals surface area (Å²) in [6.45, 7) is 0. The molecule has 0 atom stereocenters. The molecule has 130 valence electrons. The molecular weight excluding hydrogens is 318 g/mol. The first-order valence-electron chi connectivity index (χ1n) is 7.93. The molecule has 0 unspecified atom stereocenters. The Morgan fingerprint density at radius 2 is 2.00 bits per heavy atom. The molecule has 1 aromatic carbocycles. The zero-order chi connectivity index (χ0) is 18.0. The molecule has 0 aliphatic rings. The van der Waals surface area contributed by atoms with Crippen molar-refractivity contribution in [3.63, 3.8) is 0 Å². The maximum Gasteiger partial charge on any atom is 0.310 e. The highest BCUT2D eigenvalue weighted by Gasteiger charge is 2.19. The van der Waals surface area contributed by atoms with Crippen LogP contribution in [0.5, 0.6) is 0 Å². The summed E-state index contributed by atoms with van der Waals surface area (Å²) in [5.41, 5.74) is 9.05. The number of nitrogens with zero attached hydrogens (tertiary/aromatic N) is 4. The van der Waals surface area contributed by atoms with Crippen molar-refractivity contribution < 1.29 is 9.53 Å². The van der Waals surface area contributed by atoms with Gasteiger partial charge in [-0.05, 0) is 17.7 Å². The Morgan fingerprint density at radius 3 is 2.64 bits per heavy atom. The minimum atomic E-state index is -0.318. The molecule has 0 amide bonds. The Kier molecular flexibility index (Phi) is 4.56. The van der Waals surface area contributed by atoms with Crippen molar-refractivity contribution in [2.75, 3.05) is 31.8 Å². The Hall–Kier alpha value is -3.09. The SMILES string of the molecule is COC(=O)Cc1c(N(C)C)nc(Cc2ccc(N)cc2)n2ccnc12. The Bertz CT molecular complexity index is 900. The van der Waals surface area contributed by atoms with Crippen LogP contribution < -0.4 is 10.6 Å². The van der Waals surface area contributed by atoms with E-state index in [0.717, 1.165) is 34.1 Å². The Balaban J connectivity index is 2.10.